The number of aromatic nitrogens is 5. The van der Waals surface area contributed by atoms with E-state index in [9.17, 15) is 4.79 Å². The molecule has 2 aromatic heterocycles. The Morgan fingerprint density at radius 2 is 2.00 bits per heavy atom. The molecule has 1 saturated heterocycles. The Bertz CT molecular complexity index is 1370. The summed E-state index contributed by atoms with van der Waals surface area (Å²) >= 11 is 0. The quantitative estimate of drug-likeness (QED) is 0.376. The van der Waals surface area contributed by atoms with E-state index in [4.69, 9.17) is 4.74 Å². The van der Waals surface area contributed by atoms with Gasteiger partial charge in [-0.1, -0.05) is 55.0 Å². The second-order valence-corrected chi connectivity index (χ2v) is 9.83. The normalized spacial score (nSPS) is 16.7. The predicted molar refractivity (Wildman–Crippen MR) is 140 cm³/mol. The Labute approximate surface area is 211 Å². The van der Waals surface area contributed by atoms with Gasteiger partial charge in [0.15, 0.2) is 5.82 Å². The largest absolute Gasteiger partial charge is 0.376 e. The molecule has 1 aliphatic rings. The predicted octanol–water partition coefficient (Wildman–Crippen LogP) is 4.46. The fourth-order valence-corrected chi connectivity index (χ4v) is 5.13. The Hall–Kier alpha value is -3.36. The highest BCUT2D eigenvalue weighted by molar-refractivity contribution is 5.81. The fourth-order valence-electron chi connectivity index (χ4n) is 5.13. The molecule has 1 N–H and O–H groups in total. The summed E-state index contributed by atoms with van der Waals surface area (Å²) in [5.41, 5.74) is 5.04. The van der Waals surface area contributed by atoms with E-state index in [1.54, 1.807) is 0 Å². The molecule has 0 bridgehead atoms. The van der Waals surface area contributed by atoms with E-state index in [-0.39, 0.29) is 17.7 Å². The minimum atomic E-state index is -0.0599. The van der Waals surface area contributed by atoms with Gasteiger partial charge in [-0.3, -0.25) is 9.69 Å². The molecule has 4 aromatic rings. The minimum absolute atomic E-state index is 0.0560. The van der Waals surface area contributed by atoms with Crippen LogP contribution in [0.1, 0.15) is 60.3 Å². The van der Waals surface area contributed by atoms with Crippen LogP contribution in [0.3, 0.4) is 0 Å². The lowest BCUT2D eigenvalue weighted by molar-refractivity contribution is 0.0888. The number of ether oxygens (including phenoxy) is 1. The highest BCUT2D eigenvalue weighted by atomic mass is 16.5. The van der Waals surface area contributed by atoms with Crippen molar-refractivity contribution in [3.05, 3.63) is 87.0 Å². The summed E-state index contributed by atoms with van der Waals surface area (Å²) < 4.78 is 7.74. The highest BCUT2D eigenvalue weighted by Crippen LogP contribution is 2.27. The van der Waals surface area contributed by atoms with Crippen LogP contribution in [-0.2, 0) is 24.4 Å². The van der Waals surface area contributed by atoms with E-state index in [0.29, 0.717) is 19.6 Å². The monoisotopic (exact) mass is 486 g/mol. The number of tetrazole rings is 1. The van der Waals surface area contributed by atoms with Crippen LogP contribution in [-0.4, -0.2) is 42.8 Å². The van der Waals surface area contributed by atoms with Gasteiger partial charge >= 0.3 is 0 Å². The molecule has 2 atom stereocenters. The van der Waals surface area contributed by atoms with Gasteiger partial charge < -0.3 is 9.72 Å². The molecular formula is C28H34N6O2. The molecule has 0 radical (unpaired) electrons. The van der Waals surface area contributed by atoms with E-state index < -0.39 is 0 Å². The summed E-state index contributed by atoms with van der Waals surface area (Å²) in [4.78, 5) is 18.6. The van der Waals surface area contributed by atoms with Crippen LogP contribution in [0.25, 0.3) is 10.9 Å². The number of aromatic amines is 1. The SMILES string of the molecule is CC[C@@H](c1nnnn1C[C@H]1CCCO1)N(Cc1ccc(C)cc1)Cc1cc2cccc(C)c2[nH]c1=O. The molecule has 2 aromatic carbocycles. The lowest BCUT2D eigenvalue weighted by Gasteiger charge is -2.30. The minimum Gasteiger partial charge on any atom is -0.376 e. The summed E-state index contributed by atoms with van der Waals surface area (Å²) in [6.07, 6.45) is 3.04. The molecular weight excluding hydrogens is 452 g/mol. The van der Waals surface area contributed by atoms with Gasteiger partial charge in [0.25, 0.3) is 5.56 Å². The summed E-state index contributed by atoms with van der Waals surface area (Å²) in [5.74, 6) is 0.813. The number of para-hydroxylation sites is 1. The number of rotatable bonds is 9. The molecule has 0 saturated carbocycles. The number of nitrogens with zero attached hydrogens (tertiary/aromatic N) is 5. The molecule has 188 valence electrons. The van der Waals surface area contributed by atoms with E-state index in [1.165, 1.54) is 11.1 Å². The second kappa shape index (κ2) is 10.7. The highest BCUT2D eigenvalue weighted by Gasteiger charge is 2.28. The average Bonchev–Trinajstić information content (AvgIpc) is 3.55. The lowest BCUT2D eigenvalue weighted by atomic mass is 10.1. The van der Waals surface area contributed by atoms with Crippen LogP contribution in [0.2, 0.25) is 0 Å². The summed E-state index contributed by atoms with van der Waals surface area (Å²) in [6, 6.07) is 16.6. The summed E-state index contributed by atoms with van der Waals surface area (Å²) in [7, 11) is 0. The van der Waals surface area contributed by atoms with Crippen LogP contribution < -0.4 is 5.56 Å². The number of hydrogen-bond acceptors (Lipinski definition) is 6. The first-order valence-corrected chi connectivity index (χ1v) is 12.8. The Morgan fingerprint density at radius 3 is 2.75 bits per heavy atom. The molecule has 0 amide bonds. The van der Waals surface area contributed by atoms with Crippen molar-refractivity contribution in [2.45, 2.75) is 71.8 Å². The van der Waals surface area contributed by atoms with Gasteiger partial charge in [-0.25, -0.2) is 4.68 Å². The fraction of sp³-hybridized carbons (Fsp3) is 0.429. The molecule has 8 nitrogen and oxygen atoms in total. The van der Waals surface area contributed by atoms with E-state index >= 15 is 0 Å². The number of hydrogen-bond donors (Lipinski definition) is 1. The van der Waals surface area contributed by atoms with Crippen molar-refractivity contribution in [1.82, 2.24) is 30.1 Å². The molecule has 36 heavy (non-hydrogen) atoms. The average molecular weight is 487 g/mol. The number of aryl methyl sites for hydroxylation is 2. The van der Waals surface area contributed by atoms with Crippen molar-refractivity contribution in [1.29, 1.82) is 0 Å². The number of H-pyrrole nitrogens is 1. The van der Waals surface area contributed by atoms with Gasteiger partial charge in [-0.05, 0) is 66.1 Å². The zero-order valence-electron chi connectivity index (χ0n) is 21.3. The van der Waals surface area contributed by atoms with Gasteiger partial charge in [0.05, 0.1) is 24.2 Å². The van der Waals surface area contributed by atoms with Crippen LogP contribution in [0.5, 0.6) is 0 Å². The van der Waals surface area contributed by atoms with Crippen LogP contribution in [0.4, 0.5) is 0 Å². The topological polar surface area (TPSA) is 88.9 Å². The third kappa shape index (κ3) is 5.24. The van der Waals surface area contributed by atoms with Crippen molar-refractivity contribution in [3.8, 4) is 0 Å². The van der Waals surface area contributed by atoms with Gasteiger partial charge in [0.1, 0.15) is 0 Å². The zero-order chi connectivity index (χ0) is 25.1. The third-order valence-corrected chi connectivity index (χ3v) is 7.13. The molecule has 0 aliphatic carbocycles. The van der Waals surface area contributed by atoms with Gasteiger partial charge in [-0.15, -0.1) is 5.10 Å². The van der Waals surface area contributed by atoms with Crippen molar-refractivity contribution < 1.29 is 4.74 Å². The molecule has 1 aliphatic heterocycles. The Morgan fingerprint density at radius 1 is 1.17 bits per heavy atom. The zero-order valence-corrected chi connectivity index (χ0v) is 21.3. The van der Waals surface area contributed by atoms with Crippen molar-refractivity contribution in [2.24, 2.45) is 0 Å². The van der Waals surface area contributed by atoms with Crippen molar-refractivity contribution >= 4 is 10.9 Å². The second-order valence-electron chi connectivity index (χ2n) is 9.83. The molecule has 3 heterocycles. The number of nitrogens with one attached hydrogen (secondary N) is 1. The third-order valence-electron chi connectivity index (χ3n) is 7.13. The molecule has 8 heteroatoms. The summed E-state index contributed by atoms with van der Waals surface area (Å²) in [5, 5.41) is 13.8. The standard InChI is InChI=1S/C28H34N6O2/c1-4-25(27-30-31-32-34(27)18-24-9-6-14-36-24)33(16-21-12-10-19(2)11-13-21)17-23-15-22-8-5-7-20(3)26(22)29-28(23)35/h5,7-8,10-13,15,24-25H,4,6,9,14,16-18H2,1-3H3,(H,29,35)/t24-,25+/m1/s1. The van der Waals surface area contributed by atoms with Gasteiger partial charge in [-0.2, -0.15) is 0 Å². The van der Waals surface area contributed by atoms with E-state index in [0.717, 1.165) is 53.7 Å². The van der Waals surface area contributed by atoms with Crippen LogP contribution >= 0.6 is 0 Å². The first-order valence-electron chi connectivity index (χ1n) is 12.8. The number of benzene rings is 2. The molecule has 0 unspecified atom stereocenters. The van der Waals surface area contributed by atoms with E-state index in [1.807, 2.05) is 35.9 Å². The maximum absolute atomic E-state index is 13.2. The number of fused-ring (bicyclic) bond motifs is 1. The molecule has 5 rings (SSSR count). The van der Waals surface area contributed by atoms with Crippen LogP contribution in [0.15, 0.2) is 53.3 Å². The summed E-state index contributed by atoms with van der Waals surface area (Å²) in [6.45, 7) is 8.85. The Kier molecular flexibility index (Phi) is 7.25. The molecule has 0 spiro atoms. The first kappa shape index (κ1) is 24.3. The smallest absolute Gasteiger partial charge is 0.252 e. The first-order chi connectivity index (χ1) is 17.5. The van der Waals surface area contributed by atoms with Gasteiger partial charge in [0.2, 0.25) is 0 Å². The van der Waals surface area contributed by atoms with Crippen molar-refractivity contribution in [2.75, 3.05) is 6.61 Å². The Balaban J connectivity index is 1.50. The maximum Gasteiger partial charge on any atom is 0.252 e. The van der Waals surface area contributed by atoms with Gasteiger partial charge in [0, 0.05) is 25.3 Å². The number of pyridine rings is 1. The maximum atomic E-state index is 13.2. The lowest BCUT2D eigenvalue weighted by Crippen LogP contribution is -2.33. The van der Waals surface area contributed by atoms with E-state index in [2.05, 4.69) is 63.5 Å². The van der Waals surface area contributed by atoms with Crippen LogP contribution in [0, 0.1) is 13.8 Å². The molecule has 1 fully saturated rings. The van der Waals surface area contributed by atoms with Crippen molar-refractivity contribution in [3.63, 3.8) is 0 Å².